The molecule has 0 aromatic heterocycles. The van der Waals surface area contributed by atoms with E-state index in [2.05, 4.69) is 5.32 Å². The second-order valence-electron chi connectivity index (χ2n) is 5.49. The third kappa shape index (κ3) is 3.97. The SMILES string of the molecule is Cc1cc(C(=O)NCC2CCCO2)ccc1OC(C)C. The van der Waals surface area contributed by atoms with Crippen LogP contribution in [0.4, 0.5) is 0 Å². The van der Waals surface area contributed by atoms with E-state index in [0.717, 1.165) is 30.8 Å². The van der Waals surface area contributed by atoms with Crippen LogP contribution in [0.25, 0.3) is 0 Å². The van der Waals surface area contributed by atoms with E-state index in [1.54, 1.807) is 6.07 Å². The highest BCUT2D eigenvalue weighted by Gasteiger charge is 2.17. The quantitative estimate of drug-likeness (QED) is 0.900. The molecule has 0 spiro atoms. The van der Waals surface area contributed by atoms with E-state index in [1.807, 2.05) is 32.9 Å². The molecule has 4 nitrogen and oxygen atoms in total. The molecule has 2 rings (SSSR count). The molecule has 1 atom stereocenters. The number of aryl methyl sites for hydroxylation is 1. The number of nitrogens with one attached hydrogen (secondary N) is 1. The first-order valence-electron chi connectivity index (χ1n) is 7.23. The Bertz CT molecular complexity index is 465. The predicted octanol–water partition coefficient (Wildman–Crippen LogP) is 2.69. The number of ether oxygens (including phenoxy) is 2. The smallest absolute Gasteiger partial charge is 0.251 e. The normalized spacial score (nSPS) is 18.3. The maximum absolute atomic E-state index is 12.1. The van der Waals surface area contributed by atoms with Gasteiger partial charge in [-0.3, -0.25) is 4.79 Å². The summed E-state index contributed by atoms with van der Waals surface area (Å²) in [5, 5.41) is 2.92. The lowest BCUT2D eigenvalue weighted by molar-refractivity contribution is 0.0857. The molecule has 0 bridgehead atoms. The van der Waals surface area contributed by atoms with Gasteiger partial charge < -0.3 is 14.8 Å². The molecule has 4 heteroatoms. The average Bonchev–Trinajstić information content (AvgIpc) is 2.91. The molecule has 1 aromatic carbocycles. The molecule has 1 heterocycles. The summed E-state index contributed by atoms with van der Waals surface area (Å²) in [6, 6.07) is 5.52. The Balaban J connectivity index is 1.94. The van der Waals surface area contributed by atoms with Crippen molar-refractivity contribution in [1.29, 1.82) is 0 Å². The van der Waals surface area contributed by atoms with Crippen LogP contribution < -0.4 is 10.1 Å². The van der Waals surface area contributed by atoms with Gasteiger partial charge in [0.15, 0.2) is 0 Å². The van der Waals surface area contributed by atoms with Gasteiger partial charge in [-0.05, 0) is 57.4 Å². The Labute approximate surface area is 120 Å². The molecule has 1 aliphatic heterocycles. The first-order valence-corrected chi connectivity index (χ1v) is 7.23. The number of hydrogen-bond acceptors (Lipinski definition) is 3. The largest absolute Gasteiger partial charge is 0.491 e. The van der Waals surface area contributed by atoms with Crippen LogP contribution in [0.15, 0.2) is 18.2 Å². The zero-order chi connectivity index (χ0) is 14.5. The monoisotopic (exact) mass is 277 g/mol. The minimum atomic E-state index is -0.0558. The van der Waals surface area contributed by atoms with E-state index < -0.39 is 0 Å². The fourth-order valence-corrected chi connectivity index (χ4v) is 2.29. The van der Waals surface area contributed by atoms with Crippen molar-refractivity contribution in [3.63, 3.8) is 0 Å². The summed E-state index contributed by atoms with van der Waals surface area (Å²) < 4.78 is 11.2. The summed E-state index contributed by atoms with van der Waals surface area (Å²) in [5.41, 5.74) is 1.64. The van der Waals surface area contributed by atoms with E-state index >= 15 is 0 Å². The first kappa shape index (κ1) is 14.9. The maximum Gasteiger partial charge on any atom is 0.251 e. The lowest BCUT2D eigenvalue weighted by Crippen LogP contribution is -2.31. The molecule has 0 saturated carbocycles. The molecular weight excluding hydrogens is 254 g/mol. The van der Waals surface area contributed by atoms with Gasteiger partial charge in [-0.2, -0.15) is 0 Å². The number of carbonyl (C=O) groups excluding carboxylic acids is 1. The van der Waals surface area contributed by atoms with Crippen LogP contribution in [0.3, 0.4) is 0 Å². The number of rotatable bonds is 5. The predicted molar refractivity (Wildman–Crippen MR) is 78.3 cm³/mol. The summed E-state index contributed by atoms with van der Waals surface area (Å²) in [6.07, 6.45) is 2.41. The minimum Gasteiger partial charge on any atom is -0.491 e. The van der Waals surface area contributed by atoms with Gasteiger partial charge in [-0.15, -0.1) is 0 Å². The highest BCUT2D eigenvalue weighted by molar-refractivity contribution is 5.94. The molecule has 0 radical (unpaired) electrons. The van der Waals surface area contributed by atoms with Crippen molar-refractivity contribution in [3.05, 3.63) is 29.3 Å². The standard InChI is InChI=1S/C16H23NO3/c1-11(2)20-15-7-6-13(9-12(15)3)16(18)17-10-14-5-4-8-19-14/h6-7,9,11,14H,4-5,8,10H2,1-3H3,(H,17,18). The van der Waals surface area contributed by atoms with Gasteiger partial charge in [0, 0.05) is 18.7 Å². The molecule has 1 saturated heterocycles. The van der Waals surface area contributed by atoms with Crippen LogP contribution in [-0.4, -0.2) is 31.3 Å². The Morgan fingerprint density at radius 1 is 1.50 bits per heavy atom. The summed E-state index contributed by atoms with van der Waals surface area (Å²) in [7, 11) is 0. The van der Waals surface area contributed by atoms with Crippen molar-refractivity contribution in [3.8, 4) is 5.75 Å². The number of carbonyl (C=O) groups is 1. The lowest BCUT2D eigenvalue weighted by Gasteiger charge is -2.14. The molecule has 1 aliphatic rings. The van der Waals surface area contributed by atoms with Gasteiger partial charge in [-0.1, -0.05) is 0 Å². The van der Waals surface area contributed by atoms with Gasteiger partial charge in [0.2, 0.25) is 0 Å². The van der Waals surface area contributed by atoms with Gasteiger partial charge in [0.05, 0.1) is 12.2 Å². The Hall–Kier alpha value is -1.55. The molecule has 1 aromatic rings. The van der Waals surface area contributed by atoms with Crippen LogP contribution in [-0.2, 0) is 4.74 Å². The lowest BCUT2D eigenvalue weighted by atomic mass is 10.1. The molecule has 20 heavy (non-hydrogen) atoms. The molecule has 0 aliphatic carbocycles. The summed E-state index contributed by atoms with van der Waals surface area (Å²) in [6.45, 7) is 7.32. The number of amides is 1. The molecular formula is C16H23NO3. The first-order chi connectivity index (χ1) is 9.56. The molecule has 1 fully saturated rings. The molecule has 1 unspecified atom stereocenters. The van der Waals surface area contributed by atoms with Gasteiger partial charge >= 0.3 is 0 Å². The van der Waals surface area contributed by atoms with Crippen molar-refractivity contribution in [2.75, 3.05) is 13.2 Å². The average molecular weight is 277 g/mol. The second-order valence-corrected chi connectivity index (χ2v) is 5.49. The van der Waals surface area contributed by atoms with Crippen molar-refractivity contribution >= 4 is 5.91 Å². The molecule has 110 valence electrons. The Morgan fingerprint density at radius 3 is 2.90 bits per heavy atom. The van der Waals surface area contributed by atoms with E-state index in [0.29, 0.717) is 12.1 Å². The Kier molecular flexibility index (Phi) is 5.01. The molecule has 1 amide bonds. The van der Waals surface area contributed by atoms with E-state index in [4.69, 9.17) is 9.47 Å². The van der Waals surface area contributed by atoms with Crippen LogP contribution in [0.1, 0.15) is 42.6 Å². The second kappa shape index (κ2) is 6.75. The highest BCUT2D eigenvalue weighted by atomic mass is 16.5. The Morgan fingerprint density at radius 2 is 2.30 bits per heavy atom. The zero-order valence-electron chi connectivity index (χ0n) is 12.4. The van der Waals surface area contributed by atoms with Crippen molar-refractivity contribution in [1.82, 2.24) is 5.32 Å². The zero-order valence-corrected chi connectivity index (χ0v) is 12.4. The molecule has 1 N–H and O–H groups in total. The van der Waals surface area contributed by atoms with Crippen LogP contribution >= 0.6 is 0 Å². The van der Waals surface area contributed by atoms with Crippen molar-refractivity contribution < 1.29 is 14.3 Å². The van der Waals surface area contributed by atoms with Crippen LogP contribution in [0, 0.1) is 6.92 Å². The fraction of sp³-hybridized carbons (Fsp3) is 0.562. The highest BCUT2D eigenvalue weighted by Crippen LogP contribution is 2.20. The maximum atomic E-state index is 12.1. The van der Waals surface area contributed by atoms with Gasteiger partial charge in [0.1, 0.15) is 5.75 Å². The third-order valence-electron chi connectivity index (χ3n) is 3.31. The topological polar surface area (TPSA) is 47.6 Å². The van der Waals surface area contributed by atoms with E-state index in [9.17, 15) is 4.79 Å². The van der Waals surface area contributed by atoms with E-state index in [-0.39, 0.29) is 18.1 Å². The minimum absolute atomic E-state index is 0.0558. The number of benzene rings is 1. The fourth-order valence-electron chi connectivity index (χ4n) is 2.29. The van der Waals surface area contributed by atoms with Gasteiger partial charge in [-0.25, -0.2) is 0 Å². The van der Waals surface area contributed by atoms with E-state index in [1.165, 1.54) is 0 Å². The summed E-state index contributed by atoms with van der Waals surface area (Å²) in [4.78, 5) is 12.1. The van der Waals surface area contributed by atoms with Crippen molar-refractivity contribution in [2.45, 2.75) is 45.8 Å². The van der Waals surface area contributed by atoms with Crippen molar-refractivity contribution in [2.24, 2.45) is 0 Å². The van der Waals surface area contributed by atoms with Crippen LogP contribution in [0.5, 0.6) is 5.75 Å². The summed E-state index contributed by atoms with van der Waals surface area (Å²) in [5.74, 6) is 0.773. The third-order valence-corrected chi connectivity index (χ3v) is 3.31. The van der Waals surface area contributed by atoms with Crippen LogP contribution in [0.2, 0.25) is 0 Å². The number of hydrogen-bond donors (Lipinski definition) is 1. The van der Waals surface area contributed by atoms with Gasteiger partial charge in [0.25, 0.3) is 5.91 Å². The summed E-state index contributed by atoms with van der Waals surface area (Å²) >= 11 is 0.